The Labute approximate surface area is 63.8 Å². The van der Waals surface area contributed by atoms with Gasteiger partial charge in [0.2, 0.25) is 0 Å². The largest absolute Gasteiger partial charge is 0.436 e. The van der Waals surface area contributed by atoms with Gasteiger partial charge in [-0.2, -0.15) is 23.4 Å². The molecule has 0 spiro atoms. The van der Waals surface area contributed by atoms with Crippen molar-refractivity contribution in [2.45, 2.75) is 12.3 Å². The van der Waals surface area contributed by atoms with Crippen LogP contribution in [0.25, 0.3) is 0 Å². The van der Waals surface area contributed by atoms with E-state index in [0.29, 0.717) is 0 Å². The number of rotatable bonds is 1. The van der Waals surface area contributed by atoms with Crippen LogP contribution >= 0.6 is 0 Å². The Morgan fingerprint density at radius 3 is 2.50 bits per heavy atom. The van der Waals surface area contributed by atoms with Gasteiger partial charge >= 0.3 is 6.18 Å². The molecule has 1 atom stereocenters. The smallest absolute Gasteiger partial charge is 0.235 e. The second kappa shape index (κ2) is 2.57. The quantitative estimate of drug-likeness (QED) is 0.446. The van der Waals surface area contributed by atoms with Gasteiger partial charge in [-0.05, 0) is 0 Å². The third-order valence-corrected chi connectivity index (χ3v) is 1.18. The highest BCUT2D eigenvalue weighted by Crippen LogP contribution is 2.28. The van der Waals surface area contributed by atoms with E-state index in [9.17, 15) is 23.3 Å². The first kappa shape index (κ1) is 8.68. The highest BCUT2D eigenvalue weighted by molar-refractivity contribution is 4.73. The molecule has 12 heavy (non-hydrogen) atoms. The average Bonchev–Trinajstić information content (AvgIpc) is 2.30. The number of nitrogens with zero attached hydrogens (tertiary/aromatic N) is 4. The first-order chi connectivity index (χ1) is 5.43. The molecule has 68 valence electrons. The molecule has 0 amide bonds. The average molecular weight is 184 g/mol. The highest BCUT2D eigenvalue weighted by atomic mass is 19.4. The first-order valence-corrected chi connectivity index (χ1v) is 2.77. The van der Waals surface area contributed by atoms with Gasteiger partial charge in [-0.15, -0.1) is 0 Å². The zero-order valence-electron chi connectivity index (χ0n) is 5.52. The molecule has 0 bridgehead atoms. The van der Waals surface area contributed by atoms with Gasteiger partial charge < -0.3 is 0 Å². The SMILES string of the molecule is O=[N+]([O-])N1CN=NC1C(F)(F)F. The normalized spacial score (nSPS) is 23.2. The zero-order valence-corrected chi connectivity index (χ0v) is 5.52. The summed E-state index contributed by atoms with van der Waals surface area (Å²) in [5.74, 6) is 0. The summed E-state index contributed by atoms with van der Waals surface area (Å²) in [6.07, 6.45) is -7.18. The lowest BCUT2D eigenvalue weighted by Gasteiger charge is -2.15. The minimum atomic E-state index is -4.74. The molecule has 1 aliphatic rings. The molecule has 0 fully saturated rings. The Morgan fingerprint density at radius 2 is 2.17 bits per heavy atom. The monoisotopic (exact) mass is 184 g/mol. The summed E-state index contributed by atoms with van der Waals surface area (Å²) in [6.45, 7) is -0.656. The molecule has 0 radical (unpaired) electrons. The molecule has 9 heteroatoms. The van der Waals surface area contributed by atoms with Crippen LogP contribution in [0.2, 0.25) is 0 Å². The Hall–Kier alpha value is -1.41. The number of hydrogen-bond donors (Lipinski definition) is 0. The summed E-state index contributed by atoms with van der Waals surface area (Å²) in [4.78, 5) is 9.97. The van der Waals surface area contributed by atoms with Crippen molar-refractivity contribution in [2.75, 3.05) is 6.67 Å². The number of hydrogen-bond acceptors (Lipinski definition) is 4. The second-order valence-corrected chi connectivity index (χ2v) is 1.99. The first-order valence-electron chi connectivity index (χ1n) is 2.77. The van der Waals surface area contributed by atoms with Crippen molar-refractivity contribution >= 4 is 0 Å². The minimum Gasteiger partial charge on any atom is -0.235 e. The van der Waals surface area contributed by atoms with Gasteiger partial charge in [0.15, 0.2) is 11.7 Å². The number of halogens is 3. The third kappa shape index (κ3) is 1.43. The van der Waals surface area contributed by atoms with Gasteiger partial charge in [0.1, 0.15) is 0 Å². The van der Waals surface area contributed by atoms with Crippen LogP contribution < -0.4 is 0 Å². The summed E-state index contributed by atoms with van der Waals surface area (Å²) in [5, 5.41) is 14.3. The van der Waals surface area contributed by atoms with Crippen LogP contribution in [0.15, 0.2) is 10.2 Å². The lowest BCUT2D eigenvalue weighted by molar-refractivity contribution is -0.667. The van der Waals surface area contributed by atoms with E-state index >= 15 is 0 Å². The van der Waals surface area contributed by atoms with Crippen LogP contribution in [-0.4, -0.2) is 29.1 Å². The second-order valence-electron chi connectivity index (χ2n) is 1.99. The number of alkyl halides is 3. The van der Waals surface area contributed by atoms with Gasteiger partial charge in [-0.25, -0.2) is 10.1 Å². The van der Waals surface area contributed by atoms with Crippen LogP contribution in [0, 0.1) is 10.1 Å². The molecule has 0 saturated heterocycles. The molecule has 0 aromatic rings. The van der Waals surface area contributed by atoms with E-state index in [1.807, 2.05) is 0 Å². The summed E-state index contributed by atoms with van der Waals surface area (Å²) < 4.78 is 35.6. The van der Waals surface area contributed by atoms with Gasteiger partial charge in [-0.1, -0.05) is 5.01 Å². The molecule has 1 heterocycles. The predicted octanol–water partition coefficient (Wildman–Crippen LogP) is 0.792. The topological polar surface area (TPSA) is 71.1 Å². The Kier molecular flexibility index (Phi) is 1.86. The molecule has 6 nitrogen and oxygen atoms in total. The molecule has 1 unspecified atom stereocenters. The van der Waals surface area contributed by atoms with Crippen molar-refractivity contribution in [1.29, 1.82) is 0 Å². The molecule has 0 aromatic heterocycles. The van der Waals surface area contributed by atoms with Crippen LogP contribution in [-0.2, 0) is 0 Å². The van der Waals surface area contributed by atoms with Crippen LogP contribution in [0.5, 0.6) is 0 Å². The fraction of sp³-hybridized carbons (Fsp3) is 1.00. The summed E-state index contributed by atoms with van der Waals surface area (Å²) in [7, 11) is 0. The fourth-order valence-electron chi connectivity index (χ4n) is 0.691. The fourth-order valence-corrected chi connectivity index (χ4v) is 0.691. The number of azo groups is 1. The molecule has 0 saturated carbocycles. The molecule has 0 aromatic carbocycles. The Morgan fingerprint density at radius 1 is 1.58 bits per heavy atom. The van der Waals surface area contributed by atoms with E-state index in [0.717, 1.165) is 0 Å². The molecular weight excluding hydrogens is 181 g/mol. The van der Waals surface area contributed by atoms with Crippen molar-refractivity contribution < 1.29 is 18.2 Å². The third-order valence-electron chi connectivity index (χ3n) is 1.18. The van der Waals surface area contributed by atoms with Crippen LogP contribution in [0.3, 0.4) is 0 Å². The van der Waals surface area contributed by atoms with E-state index in [1.54, 1.807) is 0 Å². The van der Waals surface area contributed by atoms with E-state index in [4.69, 9.17) is 0 Å². The molecular formula is C3H3F3N4O2. The van der Waals surface area contributed by atoms with Gasteiger partial charge in [-0.3, -0.25) is 0 Å². The zero-order chi connectivity index (χ0) is 9.35. The van der Waals surface area contributed by atoms with Crippen molar-refractivity contribution in [1.82, 2.24) is 5.01 Å². The van der Waals surface area contributed by atoms with Gasteiger partial charge in [0, 0.05) is 0 Å². The molecule has 1 aliphatic heterocycles. The van der Waals surface area contributed by atoms with Gasteiger partial charge in [0.25, 0.3) is 6.17 Å². The predicted molar refractivity (Wildman–Crippen MR) is 28.4 cm³/mol. The summed E-state index contributed by atoms with van der Waals surface area (Å²) >= 11 is 0. The van der Waals surface area contributed by atoms with E-state index in [2.05, 4.69) is 10.2 Å². The standard InChI is InChI=1S/C3H3F3N4O2/c4-3(5,6)2-8-7-1-9(2)10(11)12/h2H,1H2. The van der Waals surface area contributed by atoms with E-state index in [1.165, 1.54) is 0 Å². The lowest BCUT2D eigenvalue weighted by atomic mass is 10.5. The maximum atomic E-state index is 11.9. The molecule has 1 rings (SSSR count). The van der Waals surface area contributed by atoms with Crippen molar-refractivity contribution in [3.63, 3.8) is 0 Å². The number of nitro groups is 1. The lowest BCUT2D eigenvalue weighted by Crippen LogP contribution is -2.44. The van der Waals surface area contributed by atoms with Crippen molar-refractivity contribution in [3.8, 4) is 0 Å². The maximum absolute atomic E-state index is 11.9. The minimum absolute atomic E-state index is 0.0833. The van der Waals surface area contributed by atoms with E-state index in [-0.39, 0.29) is 5.01 Å². The summed E-state index contributed by atoms with van der Waals surface area (Å²) in [6, 6.07) is 0. The number of hydrazine groups is 1. The van der Waals surface area contributed by atoms with Crippen LogP contribution in [0.1, 0.15) is 0 Å². The Bertz CT molecular complexity index is 226. The molecule has 0 aliphatic carbocycles. The van der Waals surface area contributed by atoms with E-state index < -0.39 is 24.0 Å². The molecule has 0 N–H and O–H groups in total. The highest BCUT2D eigenvalue weighted by Gasteiger charge is 2.51. The maximum Gasteiger partial charge on any atom is 0.436 e. The van der Waals surface area contributed by atoms with Gasteiger partial charge in [0.05, 0.1) is 0 Å². The van der Waals surface area contributed by atoms with Crippen LogP contribution in [0.4, 0.5) is 13.2 Å². The summed E-state index contributed by atoms with van der Waals surface area (Å²) in [5.41, 5.74) is 0. The van der Waals surface area contributed by atoms with Crippen molar-refractivity contribution in [3.05, 3.63) is 10.1 Å². The Balaban J connectivity index is 2.76. The van der Waals surface area contributed by atoms with Crippen molar-refractivity contribution in [2.24, 2.45) is 10.2 Å².